The Kier molecular flexibility index (Phi) is 4.55. The maximum absolute atomic E-state index is 12.2. The molecule has 1 aromatic heterocycles. The Morgan fingerprint density at radius 2 is 1.96 bits per heavy atom. The molecule has 0 bridgehead atoms. The molecule has 1 aliphatic rings. The van der Waals surface area contributed by atoms with E-state index in [0.29, 0.717) is 12.1 Å². The third-order valence-electron chi connectivity index (χ3n) is 3.99. The summed E-state index contributed by atoms with van der Waals surface area (Å²) in [4.78, 5) is 23.6. The highest BCUT2D eigenvalue weighted by atomic mass is 16.1. The van der Waals surface area contributed by atoms with Gasteiger partial charge in [0.1, 0.15) is 0 Å². The van der Waals surface area contributed by atoms with Crippen LogP contribution in [0.1, 0.15) is 40.2 Å². The predicted octanol–water partition coefficient (Wildman–Crippen LogP) is 2.62. The predicted molar refractivity (Wildman–Crippen MR) is 90.6 cm³/mol. The minimum Gasteiger partial charge on any atom is -0.346 e. The molecule has 1 amide bonds. The summed E-state index contributed by atoms with van der Waals surface area (Å²) in [6.07, 6.45) is 2.38. The van der Waals surface area contributed by atoms with Crippen molar-refractivity contribution in [2.24, 2.45) is 0 Å². The van der Waals surface area contributed by atoms with Gasteiger partial charge >= 0.3 is 0 Å². The number of aromatic nitrogens is 2. The van der Waals surface area contributed by atoms with E-state index in [4.69, 9.17) is 0 Å². The molecule has 0 unspecified atom stereocenters. The van der Waals surface area contributed by atoms with Crippen molar-refractivity contribution < 1.29 is 4.79 Å². The van der Waals surface area contributed by atoms with Crippen molar-refractivity contribution in [3.63, 3.8) is 0 Å². The Morgan fingerprint density at radius 3 is 2.70 bits per heavy atom. The molecule has 0 aliphatic carbocycles. The second kappa shape index (κ2) is 6.77. The van der Waals surface area contributed by atoms with Crippen LogP contribution >= 0.6 is 0 Å². The third kappa shape index (κ3) is 3.86. The zero-order valence-electron chi connectivity index (χ0n) is 13.7. The van der Waals surface area contributed by atoms with Gasteiger partial charge in [-0.15, -0.1) is 0 Å². The van der Waals surface area contributed by atoms with Crippen LogP contribution < -0.4 is 10.2 Å². The molecule has 2 heterocycles. The topological polar surface area (TPSA) is 58.1 Å². The summed E-state index contributed by atoms with van der Waals surface area (Å²) in [6, 6.07) is 9.51. The first-order valence-electron chi connectivity index (χ1n) is 8.06. The zero-order valence-corrected chi connectivity index (χ0v) is 13.7. The lowest BCUT2D eigenvalue weighted by atomic mass is 10.1. The van der Waals surface area contributed by atoms with Crippen molar-refractivity contribution in [3.05, 3.63) is 52.8 Å². The Balaban J connectivity index is 1.69. The summed E-state index contributed by atoms with van der Waals surface area (Å²) in [5.74, 6) is 0.704. The van der Waals surface area contributed by atoms with Gasteiger partial charge in [0, 0.05) is 24.3 Å². The Bertz CT molecular complexity index is 708. The van der Waals surface area contributed by atoms with Crippen molar-refractivity contribution in [2.45, 2.75) is 33.2 Å². The molecule has 0 spiro atoms. The van der Waals surface area contributed by atoms with E-state index in [1.807, 2.05) is 44.2 Å². The third-order valence-corrected chi connectivity index (χ3v) is 3.99. The number of hydrogen-bond donors (Lipinski definition) is 1. The maximum Gasteiger partial charge on any atom is 0.251 e. The monoisotopic (exact) mass is 310 g/mol. The molecule has 5 nitrogen and oxygen atoms in total. The minimum absolute atomic E-state index is 0.0762. The van der Waals surface area contributed by atoms with Gasteiger partial charge in [0.25, 0.3) is 5.91 Å². The van der Waals surface area contributed by atoms with E-state index in [0.717, 1.165) is 36.0 Å². The molecule has 120 valence electrons. The van der Waals surface area contributed by atoms with Gasteiger partial charge in [0.05, 0.1) is 12.2 Å². The van der Waals surface area contributed by atoms with E-state index in [9.17, 15) is 4.79 Å². The molecular formula is C18H22N4O. The molecule has 23 heavy (non-hydrogen) atoms. The molecule has 1 aliphatic heterocycles. The molecule has 0 radical (unpaired) electrons. The number of hydrogen-bond acceptors (Lipinski definition) is 4. The fourth-order valence-electron chi connectivity index (χ4n) is 2.83. The average molecular weight is 310 g/mol. The Hall–Kier alpha value is -2.43. The number of nitrogens with one attached hydrogen (secondary N) is 1. The highest BCUT2D eigenvalue weighted by Crippen LogP contribution is 2.16. The van der Waals surface area contributed by atoms with Gasteiger partial charge in [-0.3, -0.25) is 4.79 Å². The van der Waals surface area contributed by atoms with E-state index in [2.05, 4.69) is 20.2 Å². The average Bonchev–Trinajstić information content (AvgIpc) is 3.06. The fraction of sp³-hybridized carbons (Fsp3) is 0.389. The summed E-state index contributed by atoms with van der Waals surface area (Å²) in [6.45, 7) is 6.38. The van der Waals surface area contributed by atoms with Gasteiger partial charge in [0.2, 0.25) is 5.95 Å². The number of amides is 1. The summed E-state index contributed by atoms with van der Waals surface area (Å²) in [5.41, 5.74) is 3.53. The van der Waals surface area contributed by atoms with Crippen LogP contribution in [0.3, 0.4) is 0 Å². The van der Waals surface area contributed by atoms with Gasteiger partial charge in [-0.1, -0.05) is 17.7 Å². The van der Waals surface area contributed by atoms with Crippen LogP contribution in [0.25, 0.3) is 0 Å². The number of rotatable bonds is 4. The SMILES string of the molecule is Cc1cccc(C(=O)NCc2cc(C)nc(N3CCCC3)n2)c1. The quantitative estimate of drug-likeness (QED) is 0.943. The van der Waals surface area contributed by atoms with Crippen molar-refractivity contribution >= 4 is 11.9 Å². The molecule has 0 atom stereocenters. The van der Waals surface area contributed by atoms with Gasteiger partial charge in [-0.25, -0.2) is 9.97 Å². The lowest BCUT2D eigenvalue weighted by molar-refractivity contribution is 0.0950. The van der Waals surface area contributed by atoms with Gasteiger partial charge < -0.3 is 10.2 Å². The summed E-state index contributed by atoms with van der Waals surface area (Å²) < 4.78 is 0. The van der Waals surface area contributed by atoms with Crippen LogP contribution in [0.15, 0.2) is 30.3 Å². The van der Waals surface area contributed by atoms with E-state index >= 15 is 0 Å². The normalized spacial score (nSPS) is 14.1. The second-order valence-corrected chi connectivity index (χ2v) is 6.05. The van der Waals surface area contributed by atoms with Crippen LogP contribution in [0.2, 0.25) is 0 Å². The Morgan fingerprint density at radius 1 is 1.17 bits per heavy atom. The van der Waals surface area contributed by atoms with Crippen LogP contribution in [0.5, 0.6) is 0 Å². The Labute approximate surface area is 136 Å². The van der Waals surface area contributed by atoms with Crippen LogP contribution in [-0.2, 0) is 6.54 Å². The van der Waals surface area contributed by atoms with Crippen molar-refractivity contribution in [1.29, 1.82) is 0 Å². The first-order valence-corrected chi connectivity index (χ1v) is 8.06. The van der Waals surface area contributed by atoms with Gasteiger partial charge in [-0.2, -0.15) is 0 Å². The zero-order chi connectivity index (χ0) is 16.2. The van der Waals surface area contributed by atoms with Crippen molar-refractivity contribution in [1.82, 2.24) is 15.3 Å². The number of anilines is 1. The molecule has 2 aromatic rings. The van der Waals surface area contributed by atoms with Crippen molar-refractivity contribution in [2.75, 3.05) is 18.0 Å². The first kappa shape index (κ1) is 15.5. The molecule has 1 N–H and O–H groups in total. The van der Waals surface area contributed by atoms with E-state index < -0.39 is 0 Å². The number of benzene rings is 1. The number of aryl methyl sites for hydroxylation is 2. The molecule has 1 fully saturated rings. The lowest BCUT2D eigenvalue weighted by Crippen LogP contribution is -2.25. The van der Waals surface area contributed by atoms with E-state index in [1.165, 1.54) is 12.8 Å². The second-order valence-electron chi connectivity index (χ2n) is 6.05. The summed E-state index contributed by atoms with van der Waals surface area (Å²) >= 11 is 0. The van der Waals surface area contributed by atoms with Crippen LogP contribution in [0, 0.1) is 13.8 Å². The van der Waals surface area contributed by atoms with E-state index in [1.54, 1.807) is 0 Å². The van der Waals surface area contributed by atoms with Gasteiger partial charge in [-0.05, 0) is 44.9 Å². The molecule has 3 rings (SSSR count). The first-order chi connectivity index (χ1) is 11.1. The fourth-order valence-corrected chi connectivity index (χ4v) is 2.83. The smallest absolute Gasteiger partial charge is 0.251 e. The molecule has 1 saturated heterocycles. The van der Waals surface area contributed by atoms with Crippen LogP contribution in [-0.4, -0.2) is 29.0 Å². The minimum atomic E-state index is -0.0762. The molecule has 1 aromatic carbocycles. The van der Waals surface area contributed by atoms with Gasteiger partial charge in [0.15, 0.2) is 0 Å². The standard InChI is InChI=1S/C18H22N4O/c1-13-6-5-7-15(10-13)17(23)19-12-16-11-14(2)20-18(21-16)22-8-3-4-9-22/h5-7,10-11H,3-4,8-9,12H2,1-2H3,(H,19,23). The highest BCUT2D eigenvalue weighted by molar-refractivity contribution is 5.94. The van der Waals surface area contributed by atoms with Crippen LogP contribution in [0.4, 0.5) is 5.95 Å². The number of nitrogens with zero attached hydrogens (tertiary/aromatic N) is 3. The maximum atomic E-state index is 12.2. The molecule has 0 saturated carbocycles. The number of carbonyl (C=O) groups is 1. The largest absolute Gasteiger partial charge is 0.346 e. The molecular weight excluding hydrogens is 288 g/mol. The summed E-state index contributed by atoms with van der Waals surface area (Å²) in [7, 11) is 0. The highest BCUT2D eigenvalue weighted by Gasteiger charge is 2.16. The summed E-state index contributed by atoms with van der Waals surface area (Å²) in [5, 5.41) is 2.94. The lowest BCUT2D eigenvalue weighted by Gasteiger charge is -2.16. The number of carbonyl (C=O) groups excluding carboxylic acids is 1. The van der Waals surface area contributed by atoms with Crippen molar-refractivity contribution in [3.8, 4) is 0 Å². The molecule has 5 heteroatoms. The van der Waals surface area contributed by atoms with E-state index in [-0.39, 0.29) is 5.91 Å².